The van der Waals surface area contributed by atoms with E-state index in [1.807, 2.05) is 12.2 Å². The summed E-state index contributed by atoms with van der Waals surface area (Å²) in [4.78, 5) is 54.0. The van der Waals surface area contributed by atoms with Crippen molar-refractivity contribution in [2.24, 2.45) is 0 Å². The van der Waals surface area contributed by atoms with Crippen LogP contribution in [0.3, 0.4) is 0 Å². The van der Waals surface area contributed by atoms with Crippen molar-refractivity contribution < 1.29 is 19.4 Å². The van der Waals surface area contributed by atoms with Crippen LogP contribution in [0.1, 0.15) is 81.9 Å². The summed E-state index contributed by atoms with van der Waals surface area (Å²) in [5.41, 5.74) is 4.61. The lowest BCUT2D eigenvalue weighted by molar-refractivity contribution is -0.138. The Bertz CT molecular complexity index is 2450. The van der Waals surface area contributed by atoms with Crippen molar-refractivity contribution >= 4 is 63.7 Å². The first-order valence-electron chi connectivity index (χ1n) is 19.0. The molecule has 0 radical (unpaired) electrons. The lowest BCUT2D eigenvalue weighted by Crippen LogP contribution is -2.32. The van der Waals surface area contributed by atoms with Gasteiger partial charge in [0.05, 0.1) is 4.53 Å². The minimum atomic E-state index is -1.33. The minimum Gasteiger partial charge on any atom is -0.480 e. The molecule has 55 heavy (non-hydrogen) atoms. The number of fused-ring (bicyclic) bond motifs is 2. The summed E-state index contributed by atoms with van der Waals surface area (Å²) < 4.78 is 7.90. The standard InChI is InChI=1S/C43H48N4O6S2/c1-4-7-8-9-10-11-12-15-25-46-34-19-14-13-18-31(34)22-23-32-27-30(21-24-35(32)46)17-16-20-36-39(50)45(6-3)42(54-36)38-40(51)47(29-37(48)49)41(55-38)33(28-44)43(52)53-26-5-2/h5,13-14,16-21,24,27H,2,4,6-12,15,22-23,25-26,29H2,1,3H3,(H,48,49)/b17-16?,36-20?,41-33?,42-38+. The van der Waals surface area contributed by atoms with Gasteiger partial charge in [0, 0.05) is 24.5 Å². The van der Waals surface area contributed by atoms with E-state index in [9.17, 15) is 29.5 Å². The lowest BCUT2D eigenvalue weighted by atomic mass is 10.0. The predicted molar refractivity (Wildman–Crippen MR) is 221 cm³/mol. The Morgan fingerprint density at radius 2 is 1.64 bits per heavy atom. The topological polar surface area (TPSA) is 135 Å². The number of unbranched alkanes of at least 4 members (excludes halogenated alkanes) is 7. The number of esters is 1. The first-order chi connectivity index (χ1) is 26.7. The van der Waals surface area contributed by atoms with E-state index in [0.29, 0.717) is 9.20 Å². The van der Waals surface area contributed by atoms with Crippen LogP contribution in [-0.2, 0) is 40.3 Å². The van der Waals surface area contributed by atoms with E-state index in [4.69, 9.17) is 4.74 Å². The van der Waals surface area contributed by atoms with Crippen LogP contribution in [-0.4, -0.2) is 39.3 Å². The highest BCUT2D eigenvalue weighted by Crippen LogP contribution is 2.37. The van der Waals surface area contributed by atoms with Crippen molar-refractivity contribution in [1.29, 1.82) is 5.26 Å². The van der Waals surface area contributed by atoms with Crippen molar-refractivity contribution in [2.45, 2.75) is 91.1 Å². The van der Waals surface area contributed by atoms with Crippen LogP contribution >= 0.6 is 22.7 Å². The molecule has 1 aliphatic heterocycles. The van der Waals surface area contributed by atoms with E-state index in [0.717, 1.165) is 58.6 Å². The van der Waals surface area contributed by atoms with Crippen molar-refractivity contribution in [3.63, 3.8) is 0 Å². The first-order valence-corrected chi connectivity index (χ1v) is 20.6. The highest BCUT2D eigenvalue weighted by molar-refractivity contribution is 7.11. The zero-order valence-electron chi connectivity index (χ0n) is 31.6. The number of aryl methyl sites for hydroxylation is 2. The van der Waals surface area contributed by atoms with Gasteiger partial charge in [-0.2, -0.15) is 5.26 Å². The molecule has 0 unspecified atom stereocenters. The summed E-state index contributed by atoms with van der Waals surface area (Å²) in [7, 11) is 0. The Kier molecular flexibility index (Phi) is 14.8. The van der Waals surface area contributed by atoms with Crippen LogP contribution in [0.25, 0.3) is 17.7 Å². The van der Waals surface area contributed by atoms with Crippen LogP contribution < -0.4 is 25.2 Å². The molecule has 0 saturated heterocycles. The van der Waals surface area contributed by atoms with Crippen molar-refractivity contribution in [3.05, 3.63) is 117 Å². The molecule has 0 bridgehead atoms. The number of para-hydroxylation sites is 1. The van der Waals surface area contributed by atoms with Gasteiger partial charge in [0.15, 0.2) is 5.57 Å². The van der Waals surface area contributed by atoms with E-state index in [1.165, 1.54) is 78.1 Å². The Labute approximate surface area is 328 Å². The molecule has 1 aliphatic rings. The third-order valence-electron chi connectivity index (χ3n) is 9.57. The molecular formula is C43H48N4O6S2. The molecule has 4 aromatic rings. The largest absolute Gasteiger partial charge is 0.480 e. The number of anilines is 2. The van der Waals surface area contributed by atoms with Crippen molar-refractivity contribution in [1.82, 2.24) is 9.13 Å². The van der Waals surface area contributed by atoms with E-state index in [-0.39, 0.29) is 27.9 Å². The molecule has 2 aromatic carbocycles. The summed E-state index contributed by atoms with van der Waals surface area (Å²) in [5.74, 6) is -2.34. The van der Waals surface area contributed by atoms with Crippen LogP contribution in [0.4, 0.5) is 11.4 Å². The number of thiazole rings is 2. The zero-order valence-corrected chi connectivity index (χ0v) is 33.2. The van der Waals surface area contributed by atoms with Gasteiger partial charge in [0.25, 0.3) is 11.1 Å². The maximum atomic E-state index is 13.6. The number of carboxylic acids is 1. The van der Waals surface area contributed by atoms with Gasteiger partial charge in [-0.3, -0.25) is 23.5 Å². The summed E-state index contributed by atoms with van der Waals surface area (Å²) in [6.45, 7) is 7.77. The third-order valence-corrected chi connectivity index (χ3v) is 12.0. The van der Waals surface area contributed by atoms with Crippen LogP contribution in [0.2, 0.25) is 0 Å². The van der Waals surface area contributed by atoms with Gasteiger partial charge < -0.3 is 14.7 Å². The zero-order chi connectivity index (χ0) is 39.3. The predicted octanol–water partition coefficient (Wildman–Crippen LogP) is 6.80. The Hall–Kier alpha value is -5.25. The smallest absolute Gasteiger partial charge is 0.352 e. The van der Waals surface area contributed by atoms with E-state index >= 15 is 0 Å². The molecule has 5 rings (SSSR count). The summed E-state index contributed by atoms with van der Waals surface area (Å²) in [6, 6.07) is 17.0. The van der Waals surface area contributed by atoms with Crippen molar-refractivity contribution in [3.8, 4) is 6.07 Å². The second kappa shape index (κ2) is 19.9. The molecule has 0 fully saturated rings. The van der Waals surface area contributed by atoms with Gasteiger partial charge in [-0.25, -0.2) is 4.79 Å². The van der Waals surface area contributed by atoms with Gasteiger partial charge in [0.2, 0.25) is 0 Å². The first kappa shape index (κ1) is 40.9. The number of nitrogens with zero attached hydrogens (tertiary/aromatic N) is 4. The molecule has 10 nitrogen and oxygen atoms in total. The van der Waals surface area contributed by atoms with Crippen LogP contribution in [0.15, 0.2) is 70.8 Å². The van der Waals surface area contributed by atoms with Gasteiger partial charge >= 0.3 is 11.9 Å². The molecule has 0 saturated carbocycles. The average Bonchev–Trinajstić information content (AvgIpc) is 3.60. The SMILES string of the molecule is C=CCOC(=O)C(C#N)=c1s/c(=c2/sc(=CC=Cc3ccc4c(c3)CCc3ccccc3N4CCCCCCCCCC)c(=O)n2CC)c(=O)n1CC(=O)O. The number of aromatic nitrogens is 2. The second-order valence-electron chi connectivity index (χ2n) is 13.4. The number of ether oxygens (including phenoxy) is 1. The van der Waals surface area contributed by atoms with Gasteiger partial charge in [-0.15, -0.1) is 22.7 Å². The van der Waals surface area contributed by atoms with Crippen LogP contribution in [0.5, 0.6) is 0 Å². The fourth-order valence-corrected chi connectivity index (χ4v) is 9.22. The number of hydrogen-bond acceptors (Lipinski definition) is 9. The minimum absolute atomic E-state index is 0.0522. The molecule has 12 heteroatoms. The molecule has 288 valence electrons. The highest BCUT2D eigenvalue weighted by Gasteiger charge is 2.21. The van der Waals surface area contributed by atoms with Crippen molar-refractivity contribution in [2.75, 3.05) is 18.1 Å². The molecule has 3 heterocycles. The molecule has 0 aliphatic carbocycles. The molecule has 1 N–H and O–H groups in total. The maximum absolute atomic E-state index is 13.6. The Morgan fingerprint density at radius 1 is 0.927 bits per heavy atom. The number of rotatable bonds is 17. The Balaban J connectivity index is 1.48. The third kappa shape index (κ3) is 9.90. The molecular weight excluding hydrogens is 733 g/mol. The molecule has 0 amide bonds. The van der Waals surface area contributed by atoms with E-state index in [2.05, 4.69) is 60.9 Å². The summed E-state index contributed by atoms with van der Waals surface area (Å²) >= 11 is 1.88. The fraction of sp³-hybridized carbons (Fsp3) is 0.372. The van der Waals surface area contributed by atoms with Gasteiger partial charge in [-0.1, -0.05) is 101 Å². The van der Waals surface area contributed by atoms with E-state index < -0.39 is 29.6 Å². The number of carboxylic acid groups (broad SMARTS) is 1. The number of hydrogen-bond donors (Lipinski definition) is 1. The highest BCUT2D eigenvalue weighted by atomic mass is 32.1. The quantitative estimate of drug-likeness (QED) is 0.0703. The number of nitriles is 1. The summed E-state index contributed by atoms with van der Waals surface area (Å²) in [6.07, 6.45) is 18.9. The normalized spacial score (nSPS) is 13.9. The fourth-order valence-electron chi connectivity index (χ4n) is 6.84. The second-order valence-corrected chi connectivity index (χ2v) is 15.4. The Morgan fingerprint density at radius 3 is 2.35 bits per heavy atom. The molecule has 0 atom stereocenters. The number of carbonyl (C=O) groups is 2. The maximum Gasteiger partial charge on any atom is 0.352 e. The number of aliphatic carboxylic acids is 1. The lowest BCUT2D eigenvalue weighted by Gasteiger charge is -2.27. The number of carbonyl (C=O) groups excluding carboxylic acids is 1. The number of allylic oxidation sites excluding steroid dienone is 1. The number of benzene rings is 2. The van der Waals surface area contributed by atoms with E-state index in [1.54, 1.807) is 19.1 Å². The summed E-state index contributed by atoms with van der Waals surface area (Å²) in [5, 5.41) is 19.3. The average molecular weight is 781 g/mol. The molecule has 2 aromatic heterocycles. The monoisotopic (exact) mass is 780 g/mol. The van der Waals surface area contributed by atoms with Crippen LogP contribution in [0, 0.1) is 20.5 Å². The van der Waals surface area contributed by atoms with Gasteiger partial charge in [0.1, 0.15) is 33.1 Å². The molecule has 0 spiro atoms. The van der Waals surface area contributed by atoms with Gasteiger partial charge in [-0.05, 0) is 67.2 Å².